The van der Waals surface area contributed by atoms with Crippen molar-refractivity contribution in [3.63, 3.8) is 0 Å². The molecular weight excluding hydrogens is 432 g/mol. The van der Waals surface area contributed by atoms with Crippen LogP contribution in [-0.4, -0.2) is 30.1 Å². The molecule has 0 aliphatic heterocycles. The second-order valence-electron chi connectivity index (χ2n) is 8.71. The van der Waals surface area contributed by atoms with Gasteiger partial charge in [0.05, 0.1) is 5.56 Å². The normalized spacial score (nSPS) is 13.4. The molecule has 1 fully saturated rings. The maximum atomic E-state index is 13.4. The lowest BCUT2D eigenvalue weighted by atomic mass is 9.95. The van der Waals surface area contributed by atoms with Gasteiger partial charge in [0, 0.05) is 23.1 Å². The highest BCUT2D eigenvalue weighted by Crippen LogP contribution is 2.27. The third-order valence-corrected chi connectivity index (χ3v) is 6.14. The largest absolute Gasteiger partial charge is 0.514 e. The number of ketones is 2. The van der Waals surface area contributed by atoms with Gasteiger partial charge >= 0.3 is 6.16 Å². The molecule has 1 aliphatic carbocycles. The van der Waals surface area contributed by atoms with Crippen LogP contribution >= 0.6 is 0 Å². The Balaban J connectivity index is 1.84. The Morgan fingerprint density at radius 3 is 2.41 bits per heavy atom. The number of benzene rings is 2. The van der Waals surface area contributed by atoms with Gasteiger partial charge in [0.1, 0.15) is 11.9 Å². The first-order valence-electron chi connectivity index (χ1n) is 12.2. The van der Waals surface area contributed by atoms with Crippen LogP contribution in [0.15, 0.2) is 42.5 Å². The van der Waals surface area contributed by atoms with E-state index in [4.69, 9.17) is 9.47 Å². The monoisotopic (exact) mass is 464 g/mol. The van der Waals surface area contributed by atoms with Crippen molar-refractivity contribution < 1.29 is 28.7 Å². The van der Waals surface area contributed by atoms with Crippen molar-refractivity contribution in [2.24, 2.45) is 0 Å². The van der Waals surface area contributed by atoms with E-state index < -0.39 is 11.9 Å². The molecule has 1 saturated carbocycles. The molecule has 6 heteroatoms. The topological polar surface area (TPSA) is 86.7 Å². The van der Waals surface area contributed by atoms with Gasteiger partial charge in [-0.1, -0.05) is 56.9 Å². The highest BCUT2D eigenvalue weighted by molar-refractivity contribution is 6.15. The maximum absolute atomic E-state index is 13.4. The first-order chi connectivity index (χ1) is 16.5. The first-order valence-corrected chi connectivity index (χ1v) is 12.2. The molecule has 0 saturated heterocycles. The summed E-state index contributed by atoms with van der Waals surface area (Å²) >= 11 is 0. The zero-order chi connectivity index (χ0) is 24.3. The number of hydrogen-bond donors (Lipinski definition) is 0. The molecule has 180 valence electrons. The quantitative estimate of drug-likeness (QED) is 0.114. The van der Waals surface area contributed by atoms with Gasteiger partial charge in [0.2, 0.25) is 0 Å². The van der Waals surface area contributed by atoms with Crippen molar-refractivity contribution in [3.05, 3.63) is 64.7 Å². The summed E-state index contributed by atoms with van der Waals surface area (Å²) in [6.07, 6.45) is 8.63. The fourth-order valence-electron chi connectivity index (χ4n) is 4.21. The molecule has 6 nitrogen and oxygen atoms in total. The average Bonchev–Trinajstić information content (AvgIpc) is 3.36. The zero-order valence-electron chi connectivity index (χ0n) is 19.7. The highest BCUT2D eigenvalue weighted by atomic mass is 16.7. The van der Waals surface area contributed by atoms with Gasteiger partial charge in [-0.05, 0) is 50.3 Å². The Bertz CT molecular complexity index is 1020. The summed E-state index contributed by atoms with van der Waals surface area (Å²) in [5, 5.41) is 0. The van der Waals surface area contributed by atoms with E-state index in [0.29, 0.717) is 18.3 Å². The van der Waals surface area contributed by atoms with E-state index in [1.807, 2.05) is 0 Å². The Morgan fingerprint density at radius 2 is 1.68 bits per heavy atom. The Morgan fingerprint density at radius 1 is 0.941 bits per heavy atom. The number of ether oxygens (including phenoxy) is 2. The van der Waals surface area contributed by atoms with Crippen LogP contribution in [-0.2, 0) is 4.74 Å². The van der Waals surface area contributed by atoms with Gasteiger partial charge in [0.15, 0.2) is 17.9 Å². The van der Waals surface area contributed by atoms with Gasteiger partial charge in [-0.2, -0.15) is 0 Å². The minimum absolute atomic E-state index is 0.00759. The molecule has 0 N–H and O–H groups in total. The Hall–Kier alpha value is -3.28. The van der Waals surface area contributed by atoms with Crippen molar-refractivity contribution in [2.45, 2.75) is 77.2 Å². The van der Waals surface area contributed by atoms with Crippen LogP contribution in [0.4, 0.5) is 4.79 Å². The van der Waals surface area contributed by atoms with Crippen LogP contribution in [0.5, 0.6) is 5.75 Å². The van der Waals surface area contributed by atoms with Crippen molar-refractivity contribution in [1.82, 2.24) is 0 Å². The molecule has 3 rings (SSSR count). The molecule has 2 aromatic rings. The Labute approximate surface area is 200 Å². The molecule has 34 heavy (non-hydrogen) atoms. The van der Waals surface area contributed by atoms with Crippen molar-refractivity contribution in [2.75, 3.05) is 0 Å². The van der Waals surface area contributed by atoms with E-state index in [9.17, 15) is 19.2 Å². The van der Waals surface area contributed by atoms with Gasteiger partial charge in [-0.25, -0.2) is 4.79 Å². The van der Waals surface area contributed by atoms with E-state index in [1.165, 1.54) is 18.2 Å². The molecule has 0 heterocycles. The number of carbonyl (C=O) groups excluding carboxylic acids is 4. The lowest BCUT2D eigenvalue weighted by Gasteiger charge is -2.14. The number of Topliss-reactive ketones (excluding diaryl/α,β-unsaturated/α-hetero) is 1. The molecule has 0 aromatic heterocycles. The first kappa shape index (κ1) is 25.3. The average molecular weight is 465 g/mol. The SMILES string of the molecule is CCCCCCCC(=O)c1ccc(OC(=O)OC2CCCC2)c(C(=O)c2ccccc2C=O)c1. The van der Waals surface area contributed by atoms with Crippen LogP contribution in [0.3, 0.4) is 0 Å². The molecule has 2 aromatic carbocycles. The van der Waals surface area contributed by atoms with E-state index in [0.717, 1.165) is 57.8 Å². The second kappa shape index (κ2) is 12.8. The standard InChI is InChI=1S/C28H32O6/c1-2-3-4-5-6-15-25(30)20-16-17-26(34-28(32)33-22-12-8-9-13-22)24(18-20)27(31)23-14-10-7-11-21(23)19-29/h7,10-11,14,16-19,22H,2-6,8-9,12-13,15H2,1H3. The molecule has 0 amide bonds. The van der Waals surface area contributed by atoms with Crippen LogP contribution in [0.1, 0.15) is 108 Å². The van der Waals surface area contributed by atoms with Crippen LogP contribution in [0.2, 0.25) is 0 Å². The van der Waals surface area contributed by atoms with Crippen LogP contribution < -0.4 is 4.74 Å². The summed E-state index contributed by atoms with van der Waals surface area (Å²) < 4.78 is 10.8. The smallest absolute Gasteiger partial charge is 0.431 e. The number of rotatable bonds is 12. The predicted octanol–water partition coefficient (Wildman–Crippen LogP) is 6.73. The number of aldehydes is 1. The summed E-state index contributed by atoms with van der Waals surface area (Å²) in [5.74, 6) is -0.563. The summed E-state index contributed by atoms with van der Waals surface area (Å²) in [7, 11) is 0. The summed E-state index contributed by atoms with van der Waals surface area (Å²) in [6.45, 7) is 2.14. The lowest BCUT2D eigenvalue weighted by Crippen LogP contribution is -2.19. The third kappa shape index (κ3) is 6.86. The zero-order valence-corrected chi connectivity index (χ0v) is 19.7. The number of hydrogen-bond acceptors (Lipinski definition) is 6. The van der Waals surface area contributed by atoms with Gasteiger partial charge < -0.3 is 9.47 Å². The van der Waals surface area contributed by atoms with E-state index in [-0.39, 0.29) is 34.3 Å². The van der Waals surface area contributed by atoms with Gasteiger partial charge in [-0.3, -0.25) is 14.4 Å². The molecule has 0 spiro atoms. The number of carbonyl (C=O) groups is 4. The minimum atomic E-state index is -0.875. The summed E-state index contributed by atoms with van der Waals surface area (Å²) in [5.41, 5.74) is 0.823. The highest BCUT2D eigenvalue weighted by Gasteiger charge is 2.24. The summed E-state index contributed by atoms with van der Waals surface area (Å²) in [4.78, 5) is 50.0. The molecular formula is C28H32O6. The van der Waals surface area contributed by atoms with Crippen LogP contribution in [0, 0.1) is 0 Å². The van der Waals surface area contributed by atoms with E-state index in [1.54, 1.807) is 24.3 Å². The lowest BCUT2D eigenvalue weighted by molar-refractivity contribution is 0.0610. The van der Waals surface area contributed by atoms with Crippen molar-refractivity contribution in [1.29, 1.82) is 0 Å². The van der Waals surface area contributed by atoms with Crippen LogP contribution in [0.25, 0.3) is 0 Å². The third-order valence-electron chi connectivity index (χ3n) is 6.14. The molecule has 0 unspecified atom stereocenters. The van der Waals surface area contributed by atoms with E-state index in [2.05, 4.69) is 6.92 Å². The fourth-order valence-corrected chi connectivity index (χ4v) is 4.21. The molecule has 0 radical (unpaired) electrons. The molecule has 0 bridgehead atoms. The molecule has 0 atom stereocenters. The second-order valence-corrected chi connectivity index (χ2v) is 8.71. The summed E-state index contributed by atoms with van der Waals surface area (Å²) in [6, 6.07) is 10.9. The maximum Gasteiger partial charge on any atom is 0.514 e. The van der Waals surface area contributed by atoms with Gasteiger partial charge in [-0.15, -0.1) is 0 Å². The fraction of sp³-hybridized carbons (Fsp3) is 0.429. The molecule has 1 aliphatic rings. The minimum Gasteiger partial charge on any atom is -0.431 e. The van der Waals surface area contributed by atoms with Crippen molar-refractivity contribution in [3.8, 4) is 5.75 Å². The van der Waals surface area contributed by atoms with Crippen molar-refractivity contribution >= 4 is 24.0 Å². The Kier molecular flexibility index (Phi) is 9.56. The van der Waals surface area contributed by atoms with E-state index >= 15 is 0 Å². The number of unbranched alkanes of at least 4 members (excludes halogenated alkanes) is 4. The van der Waals surface area contributed by atoms with Gasteiger partial charge in [0.25, 0.3) is 0 Å². The predicted molar refractivity (Wildman–Crippen MR) is 129 cm³/mol.